The minimum Gasteiger partial charge on any atom is -0.344 e. The molecular formula is C16H12ClN3O2S. The molecule has 0 unspecified atom stereocenters. The van der Waals surface area contributed by atoms with Crippen LogP contribution < -0.4 is 10.6 Å². The van der Waals surface area contributed by atoms with Crippen LogP contribution in [0.5, 0.6) is 0 Å². The molecule has 0 fully saturated rings. The van der Waals surface area contributed by atoms with Crippen LogP contribution in [0.3, 0.4) is 0 Å². The third kappa shape index (κ3) is 5.33. The number of thiocyanates is 1. The third-order valence-electron chi connectivity index (χ3n) is 2.85. The van der Waals surface area contributed by atoms with Gasteiger partial charge in [0.25, 0.3) is 0 Å². The van der Waals surface area contributed by atoms with E-state index in [1.54, 1.807) is 48.5 Å². The molecule has 0 bridgehead atoms. The Hall–Kier alpha value is -2.49. The normalized spacial score (nSPS) is 9.74. The van der Waals surface area contributed by atoms with E-state index in [2.05, 4.69) is 10.6 Å². The maximum atomic E-state index is 11.8. The van der Waals surface area contributed by atoms with E-state index < -0.39 is 11.8 Å². The van der Waals surface area contributed by atoms with Crippen LogP contribution in [0.1, 0.15) is 5.56 Å². The number of carbonyl (C=O) groups is 2. The highest BCUT2D eigenvalue weighted by Gasteiger charge is 2.13. The van der Waals surface area contributed by atoms with Crippen molar-refractivity contribution in [1.29, 1.82) is 5.26 Å². The van der Waals surface area contributed by atoms with Gasteiger partial charge in [0.2, 0.25) is 0 Å². The topological polar surface area (TPSA) is 82.0 Å². The fourth-order valence-electron chi connectivity index (χ4n) is 1.71. The van der Waals surface area contributed by atoms with Crippen LogP contribution in [-0.4, -0.2) is 11.8 Å². The number of hydrogen-bond acceptors (Lipinski definition) is 4. The Kier molecular flexibility index (Phi) is 6.03. The molecular weight excluding hydrogens is 334 g/mol. The minimum atomic E-state index is -0.750. The number of benzene rings is 2. The highest BCUT2D eigenvalue weighted by Crippen LogP contribution is 2.18. The van der Waals surface area contributed by atoms with Crippen LogP contribution >= 0.6 is 23.4 Å². The van der Waals surface area contributed by atoms with Gasteiger partial charge in [0.05, 0.1) is 0 Å². The lowest BCUT2D eigenvalue weighted by atomic mass is 10.2. The van der Waals surface area contributed by atoms with E-state index in [-0.39, 0.29) is 6.54 Å². The quantitative estimate of drug-likeness (QED) is 0.506. The Morgan fingerprint density at radius 1 is 1.04 bits per heavy atom. The largest absolute Gasteiger partial charge is 0.344 e. The first-order chi connectivity index (χ1) is 11.1. The summed E-state index contributed by atoms with van der Waals surface area (Å²) in [6.07, 6.45) is 0. The number of nitrogens with one attached hydrogen (secondary N) is 2. The van der Waals surface area contributed by atoms with Crippen molar-refractivity contribution in [1.82, 2.24) is 5.32 Å². The van der Waals surface area contributed by atoms with Gasteiger partial charge in [0.15, 0.2) is 0 Å². The molecule has 2 rings (SSSR count). The number of thioether (sulfide) groups is 1. The lowest BCUT2D eigenvalue weighted by Crippen LogP contribution is -2.34. The van der Waals surface area contributed by atoms with Crippen molar-refractivity contribution in [3.8, 4) is 5.40 Å². The number of halogens is 1. The number of anilines is 1. The smallest absolute Gasteiger partial charge is 0.313 e. The van der Waals surface area contributed by atoms with Gasteiger partial charge in [-0.25, -0.2) is 0 Å². The van der Waals surface area contributed by atoms with Crippen LogP contribution in [0.2, 0.25) is 5.02 Å². The van der Waals surface area contributed by atoms with Crippen molar-refractivity contribution < 1.29 is 9.59 Å². The highest BCUT2D eigenvalue weighted by molar-refractivity contribution is 8.03. The average molecular weight is 346 g/mol. The molecule has 0 spiro atoms. The van der Waals surface area contributed by atoms with Gasteiger partial charge in [-0.05, 0) is 53.7 Å². The second-order valence-electron chi connectivity index (χ2n) is 4.48. The van der Waals surface area contributed by atoms with Crippen LogP contribution in [0.4, 0.5) is 5.69 Å². The predicted octanol–water partition coefficient (Wildman–Crippen LogP) is 3.17. The summed E-state index contributed by atoms with van der Waals surface area (Å²) in [5, 5.41) is 16.1. The van der Waals surface area contributed by atoms with Gasteiger partial charge in [0.1, 0.15) is 5.40 Å². The van der Waals surface area contributed by atoms with E-state index in [9.17, 15) is 9.59 Å². The van der Waals surface area contributed by atoms with Crippen molar-refractivity contribution >= 4 is 40.9 Å². The van der Waals surface area contributed by atoms with E-state index in [0.29, 0.717) is 10.7 Å². The SMILES string of the molecule is N#CSc1ccc(NC(=O)C(=O)NCc2ccc(Cl)cc2)cc1. The fourth-order valence-corrected chi connectivity index (χ4v) is 2.22. The lowest BCUT2D eigenvalue weighted by molar-refractivity contribution is -0.136. The van der Waals surface area contributed by atoms with Crippen molar-refractivity contribution in [2.45, 2.75) is 11.4 Å². The summed E-state index contributed by atoms with van der Waals surface area (Å²) >= 11 is 6.80. The number of carbonyl (C=O) groups excluding carboxylic acids is 2. The Morgan fingerprint density at radius 2 is 1.70 bits per heavy atom. The second kappa shape index (κ2) is 8.22. The van der Waals surface area contributed by atoms with Crippen molar-refractivity contribution in [2.24, 2.45) is 0 Å². The molecule has 116 valence electrons. The Balaban J connectivity index is 1.86. The van der Waals surface area contributed by atoms with E-state index in [1.165, 1.54) is 0 Å². The predicted molar refractivity (Wildman–Crippen MR) is 89.8 cm³/mol. The molecule has 5 nitrogen and oxygen atoms in total. The monoisotopic (exact) mass is 345 g/mol. The number of rotatable bonds is 4. The number of amides is 2. The van der Waals surface area contributed by atoms with E-state index in [1.807, 2.05) is 5.40 Å². The summed E-state index contributed by atoms with van der Waals surface area (Å²) in [6, 6.07) is 13.6. The molecule has 2 aromatic carbocycles. The third-order valence-corrected chi connectivity index (χ3v) is 3.70. The number of hydrogen-bond donors (Lipinski definition) is 2. The first-order valence-electron chi connectivity index (χ1n) is 6.58. The molecule has 0 aliphatic rings. The van der Waals surface area contributed by atoms with Gasteiger partial charge in [-0.15, -0.1) is 0 Å². The summed E-state index contributed by atoms with van der Waals surface area (Å²) in [6.45, 7) is 0.237. The molecule has 2 amide bonds. The number of nitrogens with zero attached hydrogens (tertiary/aromatic N) is 1. The zero-order chi connectivity index (χ0) is 16.7. The summed E-state index contributed by atoms with van der Waals surface area (Å²) in [5.41, 5.74) is 1.33. The Labute approximate surface area is 142 Å². The molecule has 7 heteroatoms. The molecule has 0 aromatic heterocycles. The summed E-state index contributed by atoms with van der Waals surface area (Å²) < 4.78 is 0. The molecule has 0 aliphatic carbocycles. The minimum absolute atomic E-state index is 0.237. The van der Waals surface area contributed by atoms with Gasteiger partial charge in [-0.1, -0.05) is 23.7 Å². The Bertz CT molecular complexity index is 739. The van der Waals surface area contributed by atoms with E-state index in [4.69, 9.17) is 16.9 Å². The molecule has 0 aliphatic heterocycles. The molecule has 2 aromatic rings. The molecule has 23 heavy (non-hydrogen) atoms. The first kappa shape index (κ1) is 16.9. The van der Waals surface area contributed by atoms with Gasteiger partial charge in [-0.2, -0.15) is 5.26 Å². The molecule has 0 atom stereocenters. The van der Waals surface area contributed by atoms with Gasteiger partial charge >= 0.3 is 11.8 Å². The summed E-state index contributed by atoms with van der Waals surface area (Å²) in [5.74, 6) is -1.48. The maximum absolute atomic E-state index is 11.8. The fraction of sp³-hybridized carbons (Fsp3) is 0.0625. The lowest BCUT2D eigenvalue weighted by Gasteiger charge is -2.07. The molecule has 0 saturated carbocycles. The molecule has 0 radical (unpaired) electrons. The van der Waals surface area contributed by atoms with Crippen LogP contribution in [0, 0.1) is 10.7 Å². The molecule has 0 heterocycles. The van der Waals surface area contributed by atoms with Gasteiger partial charge in [-0.3, -0.25) is 9.59 Å². The van der Waals surface area contributed by atoms with Crippen LogP contribution in [0.15, 0.2) is 53.4 Å². The van der Waals surface area contributed by atoms with Gasteiger partial charge in [0, 0.05) is 22.2 Å². The maximum Gasteiger partial charge on any atom is 0.313 e. The van der Waals surface area contributed by atoms with E-state index in [0.717, 1.165) is 22.2 Å². The Morgan fingerprint density at radius 3 is 2.30 bits per heavy atom. The highest BCUT2D eigenvalue weighted by atomic mass is 35.5. The zero-order valence-corrected chi connectivity index (χ0v) is 13.4. The van der Waals surface area contributed by atoms with Crippen molar-refractivity contribution in [2.75, 3.05) is 5.32 Å². The second-order valence-corrected chi connectivity index (χ2v) is 5.78. The summed E-state index contributed by atoms with van der Waals surface area (Å²) in [7, 11) is 0. The van der Waals surface area contributed by atoms with Crippen LogP contribution in [0.25, 0.3) is 0 Å². The first-order valence-corrected chi connectivity index (χ1v) is 7.77. The number of nitriles is 1. The van der Waals surface area contributed by atoms with Crippen LogP contribution in [-0.2, 0) is 16.1 Å². The summed E-state index contributed by atoms with van der Waals surface area (Å²) in [4.78, 5) is 24.3. The average Bonchev–Trinajstić information content (AvgIpc) is 2.56. The standard InChI is InChI=1S/C16H12ClN3O2S/c17-12-3-1-11(2-4-12)9-19-15(21)16(22)20-13-5-7-14(8-6-13)23-10-18/h1-8H,9H2,(H,19,21)(H,20,22). The van der Waals surface area contributed by atoms with Crippen molar-refractivity contribution in [3.63, 3.8) is 0 Å². The molecule has 2 N–H and O–H groups in total. The van der Waals surface area contributed by atoms with E-state index >= 15 is 0 Å². The zero-order valence-electron chi connectivity index (χ0n) is 11.9. The van der Waals surface area contributed by atoms with Gasteiger partial charge < -0.3 is 10.6 Å². The van der Waals surface area contributed by atoms with Crippen molar-refractivity contribution in [3.05, 3.63) is 59.1 Å². The molecule has 0 saturated heterocycles.